The predicted octanol–water partition coefficient (Wildman–Crippen LogP) is 1.65. The predicted molar refractivity (Wildman–Crippen MR) is 60.1 cm³/mol. The van der Waals surface area contributed by atoms with Gasteiger partial charge in [-0.2, -0.15) is 0 Å². The maximum atomic E-state index is 10.7. The third-order valence-electron chi connectivity index (χ3n) is 2.19. The van der Waals surface area contributed by atoms with Crippen LogP contribution in [0.5, 0.6) is 0 Å². The molecule has 0 spiro atoms. The largest absolute Gasteiger partial charge is 0.480 e. The topological polar surface area (TPSA) is 58.6 Å². The molecular weight excluding hydrogens is 194 g/mol. The minimum Gasteiger partial charge on any atom is -0.480 e. The van der Waals surface area contributed by atoms with Gasteiger partial charge in [-0.05, 0) is 19.4 Å². The second-order valence-electron chi connectivity index (χ2n) is 3.56. The molecule has 0 aliphatic carbocycles. The van der Waals surface area contributed by atoms with Crippen molar-refractivity contribution in [1.82, 2.24) is 5.32 Å². The molecule has 1 atom stereocenters. The zero-order chi connectivity index (χ0) is 11.5. The molecule has 0 aromatic carbocycles. The Hall–Kier alpha value is -0.610. The molecule has 4 heteroatoms. The molecule has 4 nitrogen and oxygen atoms in total. The van der Waals surface area contributed by atoms with Gasteiger partial charge in [0.15, 0.2) is 0 Å². The molecular formula is C11H23NO3. The van der Waals surface area contributed by atoms with Crippen LogP contribution in [0.3, 0.4) is 0 Å². The lowest BCUT2D eigenvalue weighted by molar-refractivity contribution is -0.140. The van der Waals surface area contributed by atoms with E-state index < -0.39 is 12.0 Å². The van der Waals surface area contributed by atoms with E-state index in [-0.39, 0.29) is 0 Å². The van der Waals surface area contributed by atoms with Gasteiger partial charge in [-0.25, -0.2) is 0 Å². The Kier molecular flexibility index (Phi) is 9.52. The monoisotopic (exact) mass is 217 g/mol. The van der Waals surface area contributed by atoms with E-state index in [0.717, 1.165) is 13.0 Å². The lowest BCUT2D eigenvalue weighted by Gasteiger charge is -2.12. The van der Waals surface area contributed by atoms with Gasteiger partial charge >= 0.3 is 5.97 Å². The van der Waals surface area contributed by atoms with Crippen molar-refractivity contribution < 1.29 is 14.6 Å². The Labute approximate surface area is 92.0 Å². The third-order valence-corrected chi connectivity index (χ3v) is 2.19. The number of rotatable bonds is 10. The number of carboxylic acids is 1. The van der Waals surface area contributed by atoms with Crippen molar-refractivity contribution in [3.8, 4) is 0 Å². The molecule has 0 aliphatic heterocycles. The molecule has 0 saturated carbocycles. The summed E-state index contributed by atoms with van der Waals surface area (Å²) in [5, 5.41) is 11.7. The highest BCUT2D eigenvalue weighted by atomic mass is 16.5. The summed E-state index contributed by atoms with van der Waals surface area (Å²) in [4.78, 5) is 10.7. The van der Waals surface area contributed by atoms with E-state index in [9.17, 15) is 4.79 Å². The van der Waals surface area contributed by atoms with Crippen molar-refractivity contribution in [2.45, 2.75) is 45.6 Å². The minimum atomic E-state index is -0.797. The van der Waals surface area contributed by atoms with Crippen LogP contribution >= 0.6 is 0 Å². The molecule has 15 heavy (non-hydrogen) atoms. The fourth-order valence-electron chi connectivity index (χ4n) is 1.32. The molecule has 0 bridgehead atoms. The number of carboxylic acid groups (broad SMARTS) is 1. The number of carbonyl (C=O) groups is 1. The zero-order valence-electron chi connectivity index (χ0n) is 9.79. The van der Waals surface area contributed by atoms with Crippen LogP contribution in [0.15, 0.2) is 0 Å². The summed E-state index contributed by atoms with van der Waals surface area (Å²) < 4.78 is 5.36. The average molecular weight is 217 g/mol. The van der Waals surface area contributed by atoms with Crippen molar-refractivity contribution in [2.24, 2.45) is 0 Å². The number of unbranched alkanes of at least 4 members (excludes halogenated alkanes) is 2. The summed E-state index contributed by atoms with van der Waals surface area (Å²) in [7, 11) is 0. The van der Waals surface area contributed by atoms with Crippen molar-refractivity contribution in [2.75, 3.05) is 19.8 Å². The van der Waals surface area contributed by atoms with E-state index in [1.54, 1.807) is 0 Å². The highest BCUT2D eigenvalue weighted by molar-refractivity contribution is 5.73. The molecule has 0 aliphatic rings. The van der Waals surface area contributed by atoms with Gasteiger partial charge in [0, 0.05) is 13.2 Å². The van der Waals surface area contributed by atoms with Gasteiger partial charge in [0.2, 0.25) is 0 Å². The Morgan fingerprint density at radius 3 is 2.60 bits per heavy atom. The molecule has 0 aromatic heterocycles. The van der Waals surface area contributed by atoms with E-state index in [1.165, 1.54) is 12.8 Å². The molecule has 0 rings (SSSR count). The van der Waals surface area contributed by atoms with Crippen LogP contribution in [-0.2, 0) is 9.53 Å². The first-order valence-electron chi connectivity index (χ1n) is 5.76. The Balaban J connectivity index is 3.41. The highest BCUT2D eigenvalue weighted by Gasteiger charge is 2.14. The number of ether oxygens (including phenoxy) is 1. The third kappa shape index (κ3) is 8.39. The average Bonchev–Trinajstić information content (AvgIpc) is 2.21. The van der Waals surface area contributed by atoms with E-state index >= 15 is 0 Å². The van der Waals surface area contributed by atoms with Crippen LogP contribution in [0, 0.1) is 0 Å². The summed E-state index contributed by atoms with van der Waals surface area (Å²) in [6.07, 6.45) is 3.96. The quantitative estimate of drug-likeness (QED) is 0.546. The first kappa shape index (κ1) is 14.4. The van der Waals surface area contributed by atoms with Gasteiger partial charge in [0.05, 0.1) is 0 Å². The Bertz CT molecular complexity index is 162. The van der Waals surface area contributed by atoms with Crippen LogP contribution in [0.4, 0.5) is 0 Å². The van der Waals surface area contributed by atoms with Gasteiger partial charge in [0.25, 0.3) is 0 Å². The molecule has 1 unspecified atom stereocenters. The fourth-order valence-corrected chi connectivity index (χ4v) is 1.32. The van der Waals surface area contributed by atoms with Crippen LogP contribution < -0.4 is 5.32 Å². The second-order valence-corrected chi connectivity index (χ2v) is 3.56. The SMILES string of the molecule is CCCCCOCCC(NCC)C(=O)O. The minimum absolute atomic E-state index is 0.471. The maximum Gasteiger partial charge on any atom is 0.320 e. The summed E-state index contributed by atoms with van der Waals surface area (Å²) in [6, 6.07) is -0.471. The van der Waals surface area contributed by atoms with E-state index in [4.69, 9.17) is 9.84 Å². The molecule has 0 amide bonds. The van der Waals surface area contributed by atoms with Gasteiger partial charge in [-0.15, -0.1) is 0 Å². The van der Waals surface area contributed by atoms with E-state index in [1.807, 2.05) is 6.92 Å². The normalized spacial score (nSPS) is 12.7. The molecule has 2 N–H and O–H groups in total. The molecule has 0 heterocycles. The van der Waals surface area contributed by atoms with Crippen molar-refractivity contribution in [3.05, 3.63) is 0 Å². The summed E-state index contributed by atoms with van der Waals surface area (Å²) in [6.45, 7) is 5.98. The number of hydrogen-bond donors (Lipinski definition) is 2. The number of likely N-dealkylation sites (N-methyl/N-ethyl adjacent to an activating group) is 1. The summed E-state index contributed by atoms with van der Waals surface area (Å²) in [5.41, 5.74) is 0. The lowest BCUT2D eigenvalue weighted by Crippen LogP contribution is -2.37. The molecule has 90 valence electrons. The lowest BCUT2D eigenvalue weighted by atomic mass is 10.2. The Morgan fingerprint density at radius 2 is 2.07 bits per heavy atom. The number of hydrogen-bond acceptors (Lipinski definition) is 3. The maximum absolute atomic E-state index is 10.7. The van der Waals surface area contributed by atoms with Crippen LogP contribution in [0.1, 0.15) is 39.5 Å². The zero-order valence-corrected chi connectivity index (χ0v) is 9.79. The van der Waals surface area contributed by atoms with Crippen LogP contribution in [-0.4, -0.2) is 36.9 Å². The van der Waals surface area contributed by atoms with Crippen molar-refractivity contribution in [3.63, 3.8) is 0 Å². The molecule has 0 saturated heterocycles. The van der Waals surface area contributed by atoms with Crippen LogP contribution in [0.25, 0.3) is 0 Å². The summed E-state index contributed by atoms with van der Waals surface area (Å²) >= 11 is 0. The molecule has 0 radical (unpaired) electrons. The molecule has 0 fully saturated rings. The van der Waals surface area contributed by atoms with Gasteiger partial charge < -0.3 is 15.2 Å². The number of nitrogens with one attached hydrogen (secondary N) is 1. The van der Waals surface area contributed by atoms with Crippen molar-refractivity contribution in [1.29, 1.82) is 0 Å². The first-order valence-corrected chi connectivity index (χ1v) is 5.76. The van der Waals surface area contributed by atoms with Gasteiger partial charge in [-0.3, -0.25) is 4.79 Å². The summed E-state index contributed by atoms with van der Waals surface area (Å²) in [5.74, 6) is -0.797. The van der Waals surface area contributed by atoms with E-state index in [2.05, 4.69) is 12.2 Å². The Morgan fingerprint density at radius 1 is 1.33 bits per heavy atom. The number of aliphatic carboxylic acids is 1. The second kappa shape index (κ2) is 9.93. The van der Waals surface area contributed by atoms with Gasteiger partial charge in [0.1, 0.15) is 6.04 Å². The smallest absolute Gasteiger partial charge is 0.320 e. The highest BCUT2D eigenvalue weighted by Crippen LogP contribution is 1.97. The van der Waals surface area contributed by atoms with E-state index in [0.29, 0.717) is 19.6 Å². The van der Waals surface area contributed by atoms with Gasteiger partial charge in [-0.1, -0.05) is 26.7 Å². The standard InChI is InChI=1S/C11H23NO3/c1-3-5-6-8-15-9-7-10(11(13)14)12-4-2/h10,12H,3-9H2,1-2H3,(H,13,14). The first-order chi connectivity index (χ1) is 7.22. The van der Waals surface area contributed by atoms with Crippen LogP contribution in [0.2, 0.25) is 0 Å². The van der Waals surface area contributed by atoms with Crippen molar-refractivity contribution >= 4 is 5.97 Å². The fraction of sp³-hybridized carbons (Fsp3) is 0.909. The molecule has 0 aromatic rings.